The molecule has 14 heavy (non-hydrogen) atoms. The number of nitrogens with zero attached hydrogens (tertiary/aromatic N) is 1. The van der Waals surface area contributed by atoms with Crippen molar-refractivity contribution in [3.63, 3.8) is 0 Å². The van der Waals surface area contributed by atoms with E-state index in [1.807, 2.05) is 0 Å². The average Bonchev–Trinajstić information content (AvgIpc) is 2.18. The molecule has 6 heteroatoms. The number of carboxylic acids is 1. The van der Waals surface area contributed by atoms with Crippen LogP contribution < -0.4 is 0 Å². The maximum atomic E-state index is 11.5. The molecule has 1 saturated heterocycles. The van der Waals surface area contributed by atoms with Gasteiger partial charge in [-0.25, -0.2) is 9.78 Å². The number of hydrogen-bond donors (Lipinski definition) is 1. The van der Waals surface area contributed by atoms with E-state index in [0.29, 0.717) is 0 Å². The van der Waals surface area contributed by atoms with E-state index in [9.17, 15) is 9.59 Å². The van der Waals surface area contributed by atoms with Crippen molar-refractivity contribution in [2.45, 2.75) is 18.8 Å². The summed E-state index contributed by atoms with van der Waals surface area (Å²) in [7, 11) is 0. The summed E-state index contributed by atoms with van der Waals surface area (Å²) >= 11 is 0. The van der Waals surface area contributed by atoms with Gasteiger partial charge >= 0.3 is 5.97 Å². The quantitative estimate of drug-likeness (QED) is 0.490. The van der Waals surface area contributed by atoms with Crippen LogP contribution in [0.1, 0.15) is 6.42 Å². The van der Waals surface area contributed by atoms with Crippen molar-refractivity contribution in [1.82, 2.24) is 4.90 Å². The standard InChI is InChI=1S/C8H9NO5/c10-7(11)3-4-9-6-2-1-5(8(9)12)13-14-6/h1-2,5-6H,3-4H2,(H,10,11). The lowest BCUT2D eigenvalue weighted by Gasteiger charge is -2.38. The van der Waals surface area contributed by atoms with Crippen LogP contribution in [-0.2, 0) is 19.4 Å². The van der Waals surface area contributed by atoms with Gasteiger partial charge in [0.25, 0.3) is 5.91 Å². The van der Waals surface area contributed by atoms with Crippen molar-refractivity contribution in [1.29, 1.82) is 0 Å². The molecule has 3 rings (SSSR count). The van der Waals surface area contributed by atoms with Crippen LogP contribution in [-0.4, -0.2) is 40.8 Å². The molecule has 1 fully saturated rings. The molecule has 0 aromatic carbocycles. The third-order valence-corrected chi connectivity index (χ3v) is 2.11. The third-order valence-electron chi connectivity index (χ3n) is 2.11. The van der Waals surface area contributed by atoms with Crippen molar-refractivity contribution in [2.75, 3.05) is 6.54 Å². The van der Waals surface area contributed by atoms with Crippen LogP contribution in [0.15, 0.2) is 12.2 Å². The van der Waals surface area contributed by atoms with Gasteiger partial charge in [-0.15, -0.1) is 0 Å². The van der Waals surface area contributed by atoms with Crippen molar-refractivity contribution in [2.24, 2.45) is 0 Å². The Morgan fingerprint density at radius 1 is 1.50 bits per heavy atom. The fourth-order valence-electron chi connectivity index (χ4n) is 1.40. The molecule has 0 aromatic rings. The number of amides is 1. The zero-order chi connectivity index (χ0) is 10.1. The Labute approximate surface area is 79.6 Å². The molecule has 0 aromatic heterocycles. The predicted octanol–water partition coefficient (Wildman–Crippen LogP) is -0.484. The molecule has 1 N–H and O–H groups in total. The van der Waals surface area contributed by atoms with E-state index in [2.05, 4.69) is 0 Å². The van der Waals surface area contributed by atoms with Crippen molar-refractivity contribution >= 4 is 11.9 Å². The topological polar surface area (TPSA) is 76.1 Å². The summed E-state index contributed by atoms with van der Waals surface area (Å²) in [5.41, 5.74) is 0. The Morgan fingerprint density at radius 2 is 2.29 bits per heavy atom. The largest absolute Gasteiger partial charge is 0.481 e. The average molecular weight is 199 g/mol. The molecule has 2 unspecified atom stereocenters. The Balaban J connectivity index is 2.02. The highest BCUT2D eigenvalue weighted by atomic mass is 17.2. The van der Waals surface area contributed by atoms with E-state index in [1.165, 1.54) is 4.90 Å². The summed E-state index contributed by atoms with van der Waals surface area (Å²) < 4.78 is 0. The number of fused-ring (bicyclic) bond motifs is 2. The van der Waals surface area contributed by atoms with E-state index < -0.39 is 18.3 Å². The van der Waals surface area contributed by atoms with E-state index in [0.717, 1.165) is 0 Å². The number of aliphatic carboxylic acids is 1. The molecule has 0 radical (unpaired) electrons. The fraction of sp³-hybridized carbons (Fsp3) is 0.500. The minimum Gasteiger partial charge on any atom is -0.481 e. The van der Waals surface area contributed by atoms with Crippen LogP contribution in [0.25, 0.3) is 0 Å². The van der Waals surface area contributed by atoms with Gasteiger partial charge in [-0.1, -0.05) is 0 Å². The monoisotopic (exact) mass is 199 g/mol. The Bertz CT molecular complexity index is 300. The molecular weight excluding hydrogens is 190 g/mol. The minimum atomic E-state index is -0.941. The highest BCUT2D eigenvalue weighted by molar-refractivity contribution is 5.85. The number of rotatable bonds is 3. The van der Waals surface area contributed by atoms with Crippen LogP contribution in [0.3, 0.4) is 0 Å². The molecule has 76 valence electrons. The second kappa shape index (κ2) is 3.39. The first kappa shape index (κ1) is 9.17. The molecule has 2 bridgehead atoms. The van der Waals surface area contributed by atoms with Crippen LogP contribution in [0, 0.1) is 0 Å². The summed E-state index contributed by atoms with van der Waals surface area (Å²) in [5.74, 6) is -1.19. The molecule has 3 aliphatic heterocycles. The Morgan fingerprint density at radius 3 is 2.79 bits per heavy atom. The van der Waals surface area contributed by atoms with Crippen molar-refractivity contribution in [3.05, 3.63) is 12.2 Å². The smallest absolute Gasteiger partial charge is 0.305 e. The van der Waals surface area contributed by atoms with E-state index in [4.69, 9.17) is 14.9 Å². The zero-order valence-electron chi connectivity index (χ0n) is 7.25. The lowest BCUT2D eigenvalue weighted by molar-refractivity contribution is -0.375. The first-order chi connectivity index (χ1) is 6.68. The highest BCUT2D eigenvalue weighted by Crippen LogP contribution is 2.22. The van der Waals surface area contributed by atoms with Crippen LogP contribution in [0.2, 0.25) is 0 Å². The molecule has 3 heterocycles. The zero-order valence-corrected chi connectivity index (χ0v) is 7.25. The molecule has 3 aliphatic rings. The van der Waals surface area contributed by atoms with Crippen LogP contribution in [0.5, 0.6) is 0 Å². The number of carboxylic acid groups (broad SMARTS) is 1. The summed E-state index contributed by atoms with van der Waals surface area (Å²) in [6.45, 7) is 0.142. The summed E-state index contributed by atoms with van der Waals surface area (Å²) in [5, 5.41) is 8.47. The number of carbonyl (C=O) groups is 2. The van der Waals surface area contributed by atoms with Gasteiger partial charge in [-0.2, -0.15) is 0 Å². The lowest BCUT2D eigenvalue weighted by Crippen LogP contribution is -2.54. The van der Waals surface area contributed by atoms with Gasteiger partial charge in [-0.3, -0.25) is 9.59 Å². The first-order valence-electron chi connectivity index (χ1n) is 4.21. The Kier molecular flexibility index (Phi) is 2.22. The molecule has 0 aliphatic carbocycles. The van der Waals surface area contributed by atoms with Gasteiger partial charge in [0, 0.05) is 6.54 Å². The summed E-state index contributed by atoms with van der Waals surface area (Å²) in [6.07, 6.45) is 1.90. The molecule has 0 spiro atoms. The molecule has 6 nitrogen and oxygen atoms in total. The summed E-state index contributed by atoms with van der Waals surface area (Å²) in [6, 6.07) is 0. The minimum absolute atomic E-state index is 0.0911. The van der Waals surface area contributed by atoms with Crippen LogP contribution >= 0.6 is 0 Å². The van der Waals surface area contributed by atoms with Gasteiger partial charge in [0.15, 0.2) is 12.3 Å². The third kappa shape index (κ3) is 1.49. The van der Waals surface area contributed by atoms with Gasteiger partial charge in [-0.05, 0) is 12.2 Å². The first-order valence-corrected chi connectivity index (χ1v) is 4.21. The normalized spacial score (nSPS) is 29.7. The van der Waals surface area contributed by atoms with Gasteiger partial charge in [0.05, 0.1) is 6.42 Å². The maximum absolute atomic E-state index is 11.5. The summed E-state index contributed by atoms with van der Waals surface area (Å²) in [4.78, 5) is 32.7. The maximum Gasteiger partial charge on any atom is 0.305 e. The fourth-order valence-corrected chi connectivity index (χ4v) is 1.40. The second-order valence-electron chi connectivity index (χ2n) is 3.06. The highest BCUT2D eigenvalue weighted by Gasteiger charge is 2.39. The van der Waals surface area contributed by atoms with Gasteiger partial charge in [0.1, 0.15) is 0 Å². The van der Waals surface area contributed by atoms with E-state index in [1.54, 1.807) is 12.2 Å². The number of carbonyl (C=O) groups excluding carboxylic acids is 1. The predicted molar refractivity (Wildman–Crippen MR) is 42.9 cm³/mol. The molecule has 2 atom stereocenters. The SMILES string of the molecule is O=C(O)CCN1C(=O)C2C=CC1OO2. The second-order valence-corrected chi connectivity index (χ2v) is 3.06. The number of hydrogen-bond acceptors (Lipinski definition) is 4. The van der Waals surface area contributed by atoms with Gasteiger partial charge < -0.3 is 10.0 Å². The van der Waals surface area contributed by atoms with E-state index >= 15 is 0 Å². The Hall–Kier alpha value is -1.40. The van der Waals surface area contributed by atoms with Crippen LogP contribution in [0.4, 0.5) is 0 Å². The van der Waals surface area contributed by atoms with Gasteiger partial charge in [0.2, 0.25) is 0 Å². The molecule has 0 saturated carbocycles. The van der Waals surface area contributed by atoms with Crippen molar-refractivity contribution in [3.8, 4) is 0 Å². The van der Waals surface area contributed by atoms with Crippen molar-refractivity contribution < 1.29 is 24.5 Å². The molecule has 1 amide bonds. The van der Waals surface area contributed by atoms with E-state index in [-0.39, 0.29) is 18.9 Å². The molecular formula is C8H9NO5. The lowest BCUT2D eigenvalue weighted by atomic mass is 10.1.